The van der Waals surface area contributed by atoms with Gasteiger partial charge in [-0.3, -0.25) is 14.4 Å². The molecule has 0 bridgehead atoms. The number of aryl methyl sites for hydroxylation is 1. The molecule has 3 rings (SSSR count). The Hall–Kier alpha value is -3.16. The van der Waals surface area contributed by atoms with Gasteiger partial charge in [0.05, 0.1) is 4.90 Å². The molecule has 3 aromatic carbocycles. The lowest BCUT2D eigenvalue weighted by Gasteiger charge is -2.24. The van der Waals surface area contributed by atoms with Crippen LogP contribution < -0.4 is 10.0 Å². The summed E-state index contributed by atoms with van der Waals surface area (Å²) in [6, 6.07) is 21.3. The summed E-state index contributed by atoms with van der Waals surface area (Å²) in [6.07, 6.45) is 0. The molecule has 0 aromatic heterocycles. The first-order chi connectivity index (χ1) is 15.7. The Morgan fingerprint density at radius 3 is 2.00 bits per heavy atom. The van der Waals surface area contributed by atoms with Gasteiger partial charge in [0.1, 0.15) is 0 Å². The number of anilines is 2. The van der Waals surface area contributed by atoms with Gasteiger partial charge in [0.25, 0.3) is 15.9 Å². The van der Waals surface area contributed by atoms with Crippen LogP contribution >= 0.6 is 0 Å². The number of amides is 1. The van der Waals surface area contributed by atoms with Crippen molar-refractivity contribution in [2.45, 2.75) is 45.2 Å². The molecule has 0 aliphatic rings. The first kappa shape index (κ1) is 24.5. The van der Waals surface area contributed by atoms with Crippen LogP contribution in [0.2, 0.25) is 0 Å². The first-order valence-corrected chi connectivity index (χ1v) is 12.5. The van der Waals surface area contributed by atoms with Crippen molar-refractivity contribution in [3.8, 4) is 0 Å². The number of hydrogen-bond donors (Lipinski definition) is 2. The van der Waals surface area contributed by atoms with E-state index in [1.54, 1.807) is 48.5 Å². The zero-order valence-electron chi connectivity index (χ0n) is 19.5. The molecule has 0 aliphatic carbocycles. The molecule has 6 nitrogen and oxygen atoms in total. The van der Waals surface area contributed by atoms with E-state index in [1.807, 2.05) is 31.2 Å². The lowest BCUT2D eigenvalue weighted by molar-refractivity contribution is 0.102. The highest BCUT2D eigenvalue weighted by Crippen LogP contribution is 2.19. The SMILES string of the molecule is CCN(Cc1ccc(C(=O)Nc2ccc(NS(=O)(=O)c3ccc(C)cc3)cc2)cc1)C(C)C. The summed E-state index contributed by atoms with van der Waals surface area (Å²) in [7, 11) is -3.67. The Morgan fingerprint density at radius 1 is 0.879 bits per heavy atom. The smallest absolute Gasteiger partial charge is 0.261 e. The predicted octanol–water partition coefficient (Wildman–Crippen LogP) is 5.28. The fourth-order valence-corrected chi connectivity index (χ4v) is 4.47. The lowest BCUT2D eigenvalue weighted by atomic mass is 10.1. The number of benzene rings is 3. The van der Waals surface area contributed by atoms with Crippen LogP contribution in [-0.2, 0) is 16.6 Å². The van der Waals surface area contributed by atoms with E-state index in [2.05, 4.69) is 35.7 Å². The third-order valence-electron chi connectivity index (χ3n) is 5.46. The second-order valence-electron chi connectivity index (χ2n) is 8.30. The molecule has 1 amide bonds. The molecule has 0 radical (unpaired) electrons. The van der Waals surface area contributed by atoms with Gasteiger partial charge in [-0.25, -0.2) is 8.42 Å². The summed E-state index contributed by atoms with van der Waals surface area (Å²) in [5, 5.41) is 2.85. The van der Waals surface area contributed by atoms with Crippen molar-refractivity contribution in [1.29, 1.82) is 0 Å². The Labute approximate surface area is 196 Å². The zero-order valence-corrected chi connectivity index (χ0v) is 20.3. The molecule has 0 saturated heterocycles. The molecule has 0 fully saturated rings. The summed E-state index contributed by atoms with van der Waals surface area (Å²) in [6.45, 7) is 10.2. The molecule has 7 heteroatoms. The van der Waals surface area contributed by atoms with E-state index < -0.39 is 10.0 Å². The van der Waals surface area contributed by atoms with Crippen LogP contribution in [0.4, 0.5) is 11.4 Å². The van der Waals surface area contributed by atoms with Gasteiger partial charge in [-0.1, -0.05) is 36.8 Å². The van der Waals surface area contributed by atoms with Gasteiger partial charge in [-0.05, 0) is 81.4 Å². The second kappa shape index (κ2) is 10.6. The highest BCUT2D eigenvalue weighted by atomic mass is 32.2. The average molecular weight is 466 g/mol. The van der Waals surface area contributed by atoms with Crippen LogP contribution in [0.1, 0.15) is 42.3 Å². The molecule has 0 saturated carbocycles. The van der Waals surface area contributed by atoms with Crippen LogP contribution in [0.15, 0.2) is 77.7 Å². The van der Waals surface area contributed by atoms with Gasteiger partial charge in [0.15, 0.2) is 0 Å². The topological polar surface area (TPSA) is 78.5 Å². The molecule has 3 aromatic rings. The Kier molecular flexibility index (Phi) is 7.89. The monoisotopic (exact) mass is 465 g/mol. The second-order valence-corrected chi connectivity index (χ2v) is 9.99. The van der Waals surface area contributed by atoms with Crippen molar-refractivity contribution >= 4 is 27.3 Å². The largest absolute Gasteiger partial charge is 0.322 e. The van der Waals surface area contributed by atoms with Crippen molar-refractivity contribution < 1.29 is 13.2 Å². The molecule has 0 atom stereocenters. The predicted molar refractivity (Wildman–Crippen MR) is 134 cm³/mol. The lowest BCUT2D eigenvalue weighted by Crippen LogP contribution is -2.29. The number of nitrogens with zero attached hydrogens (tertiary/aromatic N) is 1. The highest BCUT2D eigenvalue weighted by Gasteiger charge is 2.14. The van der Waals surface area contributed by atoms with E-state index in [0.717, 1.165) is 24.2 Å². The Morgan fingerprint density at radius 2 is 1.45 bits per heavy atom. The van der Waals surface area contributed by atoms with Crippen molar-refractivity contribution in [2.75, 3.05) is 16.6 Å². The van der Waals surface area contributed by atoms with Crippen LogP contribution in [0.25, 0.3) is 0 Å². The Bertz CT molecular complexity index is 1170. The van der Waals surface area contributed by atoms with E-state index in [4.69, 9.17) is 0 Å². The quantitative estimate of drug-likeness (QED) is 0.451. The number of carbonyl (C=O) groups excluding carboxylic acids is 1. The summed E-state index contributed by atoms with van der Waals surface area (Å²) in [5.41, 5.74) is 3.72. The van der Waals surface area contributed by atoms with Gasteiger partial charge < -0.3 is 5.32 Å². The van der Waals surface area contributed by atoms with E-state index in [1.165, 1.54) is 0 Å². The molecular formula is C26H31N3O3S. The van der Waals surface area contributed by atoms with E-state index in [9.17, 15) is 13.2 Å². The molecule has 0 heterocycles. The molecule has 0 spiro atoms. The van der Waals surface area contributed by atoms with Gasteiger partial charge in [0, 0.05) is 29.5 Å². The van der Waals surface area contributed by atoms with E-state index in [-0.39, 0.29) is 10.8 Å². The standard InChI is InChI=1S/C26H31N3O3S/c1-5-29(19(2)3)18-21-8-10-22(11-9-21)26(30)27-23-12-14-24(15-13-23)28-33(31,32)25-16-6-20(4)7-17-25/h6-17,19,28H,5,18H2,1-4H3,(H,27,30). The summed E-state index contributed by atoms with van der Waals surface area (Å²) < 4.78 is 27.6. The third kappa shape index (κ3) is 6.66. The van der Waals surface area contributed by atoms with Crippen molar-refractivity contribution in [1.82, 2.24) is 4.90 Å². The number of rotatable bonds is 9. The summed E-state index contributed by atoms with van der Waals surface area (Å²) >= 11 is 0. The van der Waals surface area contributed by atoms with Crippen LogP contribution in [0.3, 0.4) is 0 Å². The van der Waals surface area contributed by atoms with Crippen LogP contribution in [0.5, 0.6) is 0 Å². The summed E-state index contributed by atoms with van der Waals surface area (Å²) in [5.74, 6) is -0.217. The molecule has 0 aliphatic heterocycles. The fraction of sp³-hybridized carbons (Fsp3) is 0.269. The maximum atomic E-state index is 12.6. The zero-order chi connectivity index (χ0) is 24.0. The maximum Gasteiger partial charge on any atom is 0.261 e. The van der Waals surface area contributed by atoms with Gasteiger partial charge >= 0.3 is 0 Å². The van der Waals surface area contributed by atoms with Gasteiger partial charge in [0.2, 0.25) is 0 Å². The number of carbonyl (C=O) groups is 1. The average Bonchev–Trinajstić information content (AvgIpc) is 2.79. The normalized spacial score (nSPS) is 11.6. The molecule has 0 unspecified atom stereocenters. The molecule has 174 valence electrons. The number of nitrogens with one attached hydrogen (secondary N) is 2. The van der Waals surface area contributed by atoms with E-state index >= 15 is 0 Å². The van der Waals surface area contributed by atoms with Crippen molar-refractivity contribution in [3.63, 3.8) is 0 Å². The number of hydrogen-bond acceptors (Lipinski definition) is 4. The van der Waals surface area contributed by atoms with Crippen LogP contribution in [-0.4, -0.2) is 31.8 Å². The molecule has 33 heavy (non-hydrogen) atoms. The van der Waals surface area contributed by atoms with E-state index in [0.29, 0.717) is 23.0 Å². The van der Waals surface area contributed by atoms with Gasteiger partial charge in [-0.2, -0.15) is 0 Å². The van der Waals surface area contributed by atoms with Crippen molar-refractivity contribution in [3.05, 3.63) is 89.5 Å². The van der Waals surface area contributed by atoms with Gasteiger partial charge in [-0.15, -0.1) is 0 Å². The minimum absolute atomic E-state index is 0.198. The van der Waals surface area contributed by atoms with Crippen LogP contribution in [0, 0.1) is 6.92 Å². The fourth-order valence-electron chi connectivity index (χ4n) is 3.41. The first-order valence-electron chi connectivity index (χ1n) is 11.0. The summed E-state index contributed by atoms with van der Waals surface area (Å²) in [4.78, 5) is 15.2. The molecule has 2 N–H and O–H groups in total. The highest BCUT2D eigenvalue weighted by molar-refractivity contribution is 7.92. The minimum Gasteiger partial charge on any atom is -0.322 e. The minimum atomic E-state index is -3.67. The number of sulfonamides is 1. The van der Waals surface area contributed by atoms with Crippen molar-refractivity contribution in [2.24, 2.45) is 0 Å². The molecular weight excluding hydrogens is 434 g/mol. The third-order valence-corrected chi connectivity index (χ3v) is 6.86. The maximum absolute atomic E-state index is 12.6. The Balaban J connectivity index is 1.61.